The van der Waals surface area contributed by atoms with Gasteiger partial charge in [-0.05, 0) is 18.0 Å². The number of carbonyl (C=O) groups excluding carboxylic acids is 1. The van der Waals surface area contributed by atoms with E-state index in [4.69, 9.17) is 5.84 Å². The summed E-state index contributed by atoms with van der Waals surface area (Å²) in [5.74, 6) is 5.71. The Kier molecular flexibility index (Phi) is 8.01. The van der Waals surface area contributed by atoms with Gasteiger partial charge in [0.25, 0.3) is 0 Å². The molecule has 0 heterocycles. The summed E-state index contributed by atoms with van der Waals surface area (Å²) in [6, 6.07) is 9.87. The second-order valence-electron chi connectivity index (χ2n) is 5.51. The number of nitrogens with one attached hydrogen (secondary N) is 1. The Morgan fingerprint density at radius 2 is 1.76 bits per heavy atom. The van der Waals surface area contributed by atoms with Crippen molar-refractivity contribution in [2.24, 2.45) is 11.8 Å². The number of nitrogens with two attached hydrogens (primary N) is 1. The van der Waals surface area contributed by atoms with E-state index in [9.17, 15) is 4.79 Å². The highest BCUT2D eigenvalue weighted by Crippen LogP contribution is 2.19. The van der Waals surface area contributed by atoms with E-state index in [0.29, 0.717) is 12.5 Å². The lowest BCUT2D eigenvalue weighted by Crippen LogP contribution is -2.41. The van der Waals surface area contributed by atoms with Gasteiger partial charge in [-0.1, -0.05) is 63.9 Å². The molecular weight excluding hydrogens is 262 g/mol. The predicted octanol–water partition coefficient (Wildman–Crippen LogP) is 2.52. The van der Waals surface area contributed by atoms with Gasteiger partial charge in [-0.3, -0.25) is 10.2 Å². The number of carbonyl (C=O) groups is 1. The number of likely N-dealkylation sites (N-methyl/N-ethyl adjacent to an activating group) is 1. The summed E-state index contributed by atoms with van der Waals surface area (Å²) < 4.78 is 0. The molecule has 0 radical (unpaired) electrons. The van der Waals surface area contributed by atoms with Gasteiger partial charge in [0.15, 0.2) is 0 Å². The van der Waals surface area contributed by atoms with Crippen LogP contribution in [0.2, 0.25) is 0 Å². The number of rotatable bonds is 9. The Hall–Kier alpha value is -1.39. The lowest BCUT2D eigenvalue weighted by molar-refractivity contribution is -0.123. The lowest BCUT2D eigenvalue weighted by atomic mass is 9.96. The number of hydrogen-bond acceptors (Lipinski definition) is 3. The van der Waals surface area contributed by atoms with Gasteiger partial charge in [0.2, 0.25) is 5.91 Å². The van der Waals surface area contributed by atoms with Crippen molar-refractivity contribution in [1.82, 2.24) is 10.3 Å². The molecule has 118 valence electrons. The number of hydrogen-bond donors (Lipinski definition) is 2. The van der Waals surface area contributed by atoms with Crippen molar-refractivity contribution in [1.29, 1.82) is 0 Å². The van der Waals surface area contributed by atoms with Crippen molar-refractivity contribution >= 4 is 5.91 Å². The van der Waals surface area contributed by atoms with Crippen molar-refractivity contribution in [3.8, 4) is 0 Å². The van der Waals surface area contributed by atoms with Crippen LogP contribution in [0.5, 0.6) is 0 Å². The summed E-state index contributed by atoms with van der Waals surface area (Å²) in [6.45, 7) is 9.28. The summed E-state index contributed by atoms with van der Waals surface area (Å²) in [5.41, 5.74) is 3.33. The normalized spacial score (nSPS) is 12.7. The second-order valence-corrected chi connectivity index (χ2v) is 5.51. The van der Waals surface area contributed by atoms with Crippen LogP contribution in [0.4, 0.5) is 0 Å². The average molecular weight is 291 g/mol. The molecule has 0 saturated carbocycles. The van der Waals surface area contributed by atoms with Crippen LogP contribution in [0.1, 0.15) is 45.1 Å². The molecule has 1 aromatic carbocycles. The first kappa shape index (κ1) is 17.7. The van der Waals surface area contributed by atoms with Crippen LogP contribution in [0, 0.1) is 5.92 Å². The van der Waals surface area contributed by atoms with Crippen LogP contribution in [-0.2, 0) is 4.79 Å². The van der Waals surface area contributed by atoms with E-state index in [1.165, 1.54) is 12.8 Å². The minimum atomic E-state index is -0.217. The number of hydrazine groups is 1. The van der Waals surface area contributed by atoms with E-state index in [-0.39, 0.29) is 11.8 Å². The highest BCUT2D eigenvalue weighted by Gasteiger charge is 2.23. The maximum Gasteiger partial charge on any atom is 0.242 e. The van der Waals surface area contributed by atoms with Gasteiger partial charge < -0.3 is 4.90 Å². The zero-order valence-electron chi connectivity index (χ0n) is 13.5. The molecule has 0 saturated heterocycles. The Bertz CT molecular complexity index is 404. The van der Waals surface area contributed by atoms with Crippen molar-refractivity contribution in [3.63, 3.8) is 0 Å². The Labute approximate surface area is 128 Å². The first-order valence-electron chi connectivity index (χ1n) is 7.93. The van der Waals surface area contributed by atoms with E-state index in [0.717, 1.165) is 18.7 Å². The third-order valence-corrected chi connectivity index (χ3v) is 4.22. The maximum atomic E-state index is 12.1. The molecule has 0 aliphatic carbocycles. The Morgan fingerprint density at radius 1 is 1.14 bits per heavy atom. The summed E-state index contributed by atoms with van der Waals surface area (Å²) in [6.07, 6.45) is 2.35. The molecule has 1 unspecified atom stereocenters. The Balaban J connectivity index is 2.82. The molecule has 4 nitrogen and oxygen atoms in total. The maximum absolute atomic E-state index is 12.1. The van der Waals surface area contributed by atoms with E-state index >= 15 is 0 Å². The lowest BCUT2D eigenvalue weighted by Gasteiger charge is -2.28. The molecule has 1 aromatic rings. The molecule has 3 N–H and O–H groups in total. The summed E-state index contributed by atoms with van der Waals surface area (Å²) in [4.78, 5) is 14.5. The fourth-order valence-electron chi connectivity index (χ4n) is 2.63. The molecule has 1 amide bonds. The standard InChI is InChI=1S/C17H29N3O/c1-4-14(5-2)12-20(6-3)13-16(17(21)19-18)15-10-8-7-9-11-15/h7-11,14,16H,4-6,12-13,18H2,1-3H3,(H,19,21). The highest BCUT2D eigenvalue weighted by atomic mass is 16.2. The van der Waals surface area contributed by atoms with Gasteiger partial charge in [-0.25, -0.2) is 5.84 Å². The van der Waals surface area contributed by atoms with Crippen molar-refractivity contribution in [2.75, 3.05) is 19.6 Å². The van der Waals surface area contributed by atoms with Crippen LogP contribution >= 0.6 is 0 Å². The largest absolute Gasteiger partial charge is 0.302 e. The van der Waals surface area contributed by atoms with Gasteiger partial charge in [0.1, 0.15) is 0 Å². The predicted molar refractivity (Wildman–Crippen MR) is 87.7 cm³/mol. The molecule has 1 rings (SSSR count). The summed E-state index contributed by atoms with van der Waals surface area (Å²) in [5, 5.41) is 0. The average Bonchev–Trinajstić information content (AvgIpc) is 2.55. The fourth-order valence-corrected chi connectivity index (χ4v) is 2.63. The van der Waals surface area contributed by atoms with Crippen LogP contribution in [0.25, 0.3) is 0 Å². The molecule has 0 fully saturated rings. The van der Waals surface area contributed by atoms with E-state index in [2.05, 4.69) is 31.1 Å². The third kappa shape index (κ3) is 5.48. The summed E-state index contributed by atoms with van der Waals surface area (Å²) in [7, 11) is 0. The smallest absolute Gasteiger partial charge is 0.242 e. The quantitative estimate of drug-likeness (QED) is 0.417. The molecule has 1 atom stereocenters. The Morgan fingerprint density at radius 3 is 2.24 bits per heavy atom. The number of amides is 1. The van der Waals surface area contributed by atoms with E-state index in [1.807, 2.05) is 30.3 Å². The van der Waals surface area contributed by atoms with Crippen LogP contribution in [0.3, 0.4) is 0 Å². The summed E-state index contributed by atoms with van der Waals surface area (Å²) >= 11 is 0. The third-order valence-electron chi connectivity index (χ3n) is 4.22. The van der Waals surface area contributed by atoms with E-state index < -0.39 is 0 Å². The van der Waals surface area contributed by atoms with E-state index in [1.54, 1.807) is 0 Å². The van der Waals surface area contributed by atoms with Crippen LogP contribution in [-0.4, -0.2) is 30.4 Å². The first-order valence-corrected chi connectivity index (χ1v) is 7.93. The zero-order chi connectivity index (χ0) is 15.7. The minimum Gasteiger partial charge on any atom is -0.302 e. The minimum absolute atomic E-state index is 0.121. The molecule has 0 aromatic heterocycles. The van der Waals surface area contributed by atoms with Gasteiger partial charge in [-0.15, -0.1) is 0 Å². The fraction of sp³-hybridized carbons (Fsp3) is 0.588. The van der Waals surface area contributed by atoms with Crippen molar-refractivity contribution in [2.45, 2.75) is 39.5 Å². The molecule has 0 aliphatic heterocycles. The van der Waals surface area contributed by atoms with Gasteiger partial charge in [0, 0.05) is 13.1 Å². The van der Waals surface area contributed by atoms with Gasteiger partial charge >= 0.3 is 0 Å². The van der Waals surface area contributed by atoms with Gasteiger partial charge in [-0.2, -0.15) is 0 Å². The topological polar surface area (TPSA) is 58.4 Å². The van der Waals surface area contributed by atoms with Crippen LogP contribution < -0.4 is 11.3 Å². The first-order chi connectivity index (χ1) is 10.2. The highest BCUT2D eigenvalue weighted by molar-refractivity contribution is 5.83. The molecule has 4 heteroatoms. The zero-order valence-corrected chi connectivity index (χ0v) is 13.5. The monoisotopic (exact) mass is 291 g/mol. The number of nitrogens with zero attached hydrogens (tertiary/aromatic N) is 1. The molecule has 0 spiro atoms. The molecular formula is C17H29N3O. The molecule has 21 heavy (non-hydrogen) atoms. The molecule has 0 bridgehead atoms. The van der Waals surface area contributed by atoms with Gasteiger partial charge in [0.05, 0.1) is 5.92 Å². The van der Waals surface area contributed by atoms with Crippen LogP contribution in [0.15, 0.2) is 30.3 Å². The van der Waals surface area contributed by atoms with Crippen molar-refractivity contribution < 1.29 is 4.79 Å². The molecule has 0 aliphatic rings. The number of benzene rings is 1. The van der Waals surface area contributed by atoms with Crippen molar-refractivity contribution in [3.05, 3.63) is 35.9 Å². The second kappa shape index (κ2) is 9.53. The SMILES string of the molecule is CCC(CC)CN(CC)CC(C(=O)NN)c1ccccc1.